The molecule has 1 N–H and O–H groups in total. The molecule has 0 amide bonds. The molecule has 0 unspecified atom stereocenters. The minimum Gasteiger partial charge on any atom is -0.477 e. The predicted octanol–water partition coefficient (Wildman–Crippen LogP) is 6.36. The number of benzene rings is 2. The quantitative estimate of drug-likeness (QED) is 0.214. The van der Waals surface area contributed by atoms with E-state index in [1.54, 1.807) is 36.4 Å². The number of pyridine rings is 1. The van der Waals surface area contributed by atoms with Crippen LogP contribution in [0.15, 0.2) is 60.7 Å². The van der Waals surface area contributed by atoms with Gasteiger partial charge in [-0.2, -0.15) is 5.26 Å². The Kier molecular flexibility index (Phi) is 7.65. The molecule has 1 atom stereocenters. The molecule has 0 spiro atoms. The van der Waals surface area contributed by atoms with Gasteiger partial charge in [-0.15, -0.1) is 11.3 Å². The molecule has 8 nitrogen and oxygen atoms in total. The Hall–Kier alpha value is -4.66. The van der Waals surface area contributed by atoms with Gasteiger partial charge in [0.15, 0.2) is 0 Å². The molecule has 1 aliphatic heterocycles. The first kappa shape index (κ1) is 27.5. The molecule has 0 bridgehead atoms. The van der Waals surface area contributed by atoms with Crippen LogP contribution in [0.5, 0.6) is 5.88 Å². The van der Waals surface area contributed by atoms with Crippen molar-refractivity contribution in [3.8, 4) is 23.2 Å². The maximum Gasteiger partial charge on any atom is 0.346 e. The van der Waals surface area contributed by atoms with Crippen LogP contribution in [0.25, 0.3) is 21.6 Å². The van der Waals surface area contributed by atoms with E-state index in [4.69, 9.17) is 14.7 Å². The molecule has 42 heavy (non-hydrogen) atoms. The first-order valence-electron chi connectivity index (χ1n) is 13.3. The van der Waals surface area contributed by atoms with Gasteiger partial charge in [0.25, 0.3) is 0 Å². The van der Waals surface area contributed by atoms with Gasteiger partial charge in [-0.05, 0) is 48.7 Å². The van der Waals surface area contributed by atoms with Gasteiger partial charge in [0, 0.05) is 30.2 Å². The van der Waals surface area contributed by atoms with Gasteiger partial charge in [-0.25, -0.2) is 23.5 Å². The van der Waals surface area contributed by atoms with E-state index in [2.05, 4.69) is 9.97 Å². The molecule has 0 saturated carbocycles. The van der Waals surface area contributed by atoms with E-state index in [1.165, 1.54) is 18.2 Å². The van der Waals surface area contributed by atoms with E-state index in [0.29, 0.717) is 46.1 Å². The number of halogens is 2. The number of aromatic nitrogens is 3. The Morgan fingerprint density at radius 3 is 2.69 bits per heavy atom. The van der Waals surface area contributed by atoms with E-state index < -0.39 is 17.6 Å². The zero-order chi connectivity index (χ0) is 29.2. The number of rotatable bonds is 9. The second-order valence-corrected chi connectivity index (χ2v) is 11.0. The molecule has 4 heterocycles. The molecular weight excluding hydrogens is 562 g/mol. The lowest BCUT2D eigenvalue weighted by Gasteiger charge is -2.14. The monoisotopic (exact) mass is 586 g/mol. The van der Waals surface area contributed by atoms with Crippen molar-refractivity contribution in [2.75, 3.05) is 6.61 Å². The maximum atomic E-state index is 15.4. The van der Waals surface area contributed by atoms with Gasteiger partial charge in [0.1, 0.15) is 33.8 Å². The van der Waals surface area contributed by atoms with Crippen molar-refractivity contribution >= 4 is 27.7 Å². The van der Waals surface area contributed by atoms with Crippen LogP contribution in [0, 0.1) is 23.0 Å². The summed E-state index contributed by atoms with van der Waals surface area (Å²) in [7, 11) is 0. The summed E-state index contributed by atoms with van der Waals surface area (Å²) in [5, 5.41) is 18.3. The highest BCUT2D eigenvalue weighted by atomic mass is 32.1. The number of ether oxygens (including phenoxy) is 2. The SMILES string of the molecule is N#Cc1ccc(COc2cccc(-c3ccc(Cc4nc5sc(C(=O)O)cc5n4C[C@@H]4CCCO4)c(F)c3)n2)c(F)c1. The number of fused-ring (bicyclic) bond motifs is 1. The summed E-state index contributed by atoms with van der Waals surface area (Å²) >= 11 is 1.10. The minimum absolute atomic E-state index is 0.00414. The normalized spacial score (nSPS) is 14.7. The van der Waals surface area contributed by atoms with Crippen molar-refractivity contribution in [2.24, 2.45) is 0 Å². The summed E-state index contributed by atoms with van der Waals surface area (Å²) in [5.74, 6) is -1.09. The Labute approximate surface area is 243 Å². The van der Waals surface area contributed by atoms with Crippen molar-refractivity contribution in [3.05, 3.63) is 99.7 Å². The molecule has 11 heteroatoms. The van der Waals surface area contributed by atoms with Crippen LogP contribution >= 0.6 is 11.3 Å². The van der Waals surface area contributed by atoms with Crippen LogP contribution in [0.1, 0.15) is 45.0 Å². The van der Waals surface area contributed by atoms with Crippen LogP contribution in [0.2, 0.25) is 0 Å². The number of hydrogen-bond donors (Lipinski definition) is 1. The van der Waals surface area contributed by atoms with E-state index in [1.807, 2.05) is 10.6 Å². The zero-order valence-corrected chi connectivity index (χ0v) is 23.0. The number of imidazole rings is 1. The summed E-state index contributed by atoms with van der Waals surface area (Å²) in [5.41, 5.74) is 2.68. The van der Waals surface area contributed by atoms with Crippen molar-refractivity contribution in [1.82, 2.24) is 14.5 Å². The Morgan fingerprint density at radius 2 is 1.95 bits per heavy atom. The molecule has 1 fully saturated rings. The number of nitriles is 1. The molecule has 0 aliphatic carbocycles. The number of carbonyl (C=O) groups is 1. The third kappa shape index (κ3) is 5.72. The summed E-state index contributed by atoms with van der Waals surface area (Å²) in [6.45, 7) is 1.13. The van der Waals surface area contributed by atoms with Gasteiger partial charge in [0.05, 0.1) is 35.5 Å². The molecule has 0 radical (unpaired) electrons. The number of hydrogen-bond acceptors (Lipinski definition) is 7. The van der Waals surface area contributed by atoms with Gasteiger partial charge < -0.3 is 19.1 Å². The second-order valence-electron chi connectivity index (χ2n) is 9.93. The lowest BCUT2D eigenvalue weighted by Crippen LogP contribution is -2.17. The standard InChI is InChI=1S/C31H24F2N4O4S/c32-23-11-18(15-34)6-7-21(23)17-41-29-5-1-4-25(35-29)20-9-8-19(24(33)12-20)13-28-36-30-26(14-27(42-30)31(38)39)37(28)16-22-3-2-10-40-22/h1,4-9,11-12,14,22H,2-3,10,13,16-17H2,(H,38,39)/t22-/m0/s1. The van der Waals surface area contributed by atoms with Crippen LogP contribution in [-0.4, -0.2) is 38.3 Å². The lowest BCUT2D eigenvalue weighted by molar-refractivity contribution is 0.0702. The highest BCUT2D eigenvalue weighted by Crippen LogP contribution is 2.30. The number of carboxylic acids is 1. The Bertz CT molecular complexity index is 1840. The predicted molar refractivity (Wildman–Crippen MR) is 151 cm³/mol. The van der Waals surface area contributed by atoms with Gasteiger partial charge in [0.2, 0.25) is 5.88 Å². The summed E-state index contributed by atoms with van der Waals surface area (Å²) in [6, 6.07) is 17.6. The average molecular weight is 587 g/mol. The van der Waals surface area contributed by atoms with Crippen molar-refractivity contribution < 1.29 is 28.2 Å². The van der Waals surface area contributed by atoms with Crippen LogP contribution in [0.3, 0.4) is 0 Å². The molecule has 6 rings (SSSR count). The minimum atomic E-state index is -1.01. The largest absolute Gasteiger partial charge is 0.477 e. The second kappa shape index (κ2) is 11.7. The number of carboxylic acid groups (broad SMARTS) is 1. The third-order valence-corrected chi connectivity index (χ3v) is 8.13. The van der Waals surface area contributed by atoms with Gasteiger partial charge in [-0.1, -0.05) is 24.3 Å². The zero-order valence-electron chi connectivity index (χ0n) is 22.2. The first-order valence-corrected chi connectivity index (χ1v) is 14.1. The highest BCUT2D eigenvalue weighted by Gasteiger charge is 2.23. The van der Waals surface area contributed by atoms with Crippen LogP contribution in [-0.2, 0) is 24.3 Å². The summed E-state index contributed by atoms with van der Waals surface area (Å²) < 4.78 is 43.1. The van der Waals surface area contributed by atoms with Crippen LogP contribution in [0.4, 0.5) is 8.78 Å². The van der Waals surface area contributed by atoms with E-state index in [9.17, 15) is 14.3 Å². The fraction of sp³-hybridized carbons (Fsp3) is 0.226. The van der Waals surface area contributed by atoms with E-state index in [-0.39, 0.29) is 41.0 Å². The number of thiophene rings is 1. The van der Waals surface area contributed by atoms with Crippen molar-refractivity contribution in [3.63, 3.8) is 0 Å². The molecule has 1 aliphatic rings. The third-order valence-electron chi connectivity index (χ3n) is 7.13. The fourth-order valence-electron chi connectivity index (χ4n) is 4.96. The molecular formula is C31H24F2N4O4S. The van der Waals surface area contributed by atoms with Crippen LogP contribution < -0.4 is 4.74 Å². The van der Waals surface area contributed by atoms with E-state index in [0.717, 1.165) is 30.2 Å². The van der Waals surface area contributed by atoms with Gasteiger partial charge >= 0.3 is 5.97 Å². The molecule has 3 aromatic heterocycles. The fourth-order valence-corrected chi connectivity index (χ4v) is 5.85. The Morgan fingerprint density at radius 1 is 1.12 bits per heavy atom. The van der Waals surface area contributed by atoms with E-state index >= 15 is 4.39 Å². The highest BCUT2D eigenvalue weighted by molar-refractivity contribution is 7.20. The van der Waals surface area contributed by atoms with Crippen molar-refractivity contribution in [2.45, 2.75) is 38.5 Å². The van der Waals surface area contributed by atoms with Crippen molar-refractivity contribution in [1.29, 1.82) is 5.26 Å². The summed E-state index contributed by atoms with van der Waals surface area (Å²) in [4.78, 5) is 21.4. The summed E-state index contributed by atoms with van der Waals surface area (Å²) in [6.07, 6.45) is 2.08. The number of aromatic carboxylic acids is 1. The average Bonchev–Trinajstić information content (AvgIpc) is 3.72. The smallest absolute Gasteiger partial charge is 0.346 e. The Balaban J connectivity index is 1.21. The lowest BCUT2D eigenvalue weighted by atomic mass is 10.1. The molecule has 5 aromatic rings. The topological polar surface area (TPSA) is 110 Å². The number of nitrogens with zero attached hydrogens (tertiary/aromatic N) is 4. The van der Waals surface area contributed by atoms with Gasteiger partial charge in [-0.3, -0.25) is 0 Å². The molecule has 1 saturated heterocycles. The first-order chi connectivity index (χ1) is 20.4. The maximum absolute atomic E-state index is 15.4. The molecule has 212 valence electrons. The molecule has 2 aromatic carbocycles.